The summed E-state index contributed by atoms with van der Waals surface area (Å²) in [6, 6.07) is 0. The first-order valence-corrected chi connectivity index (χ1v) is 3.34. The maximum Gasteiger partial charge on any atom is 0.238 e. The summed E-state index contributed by atoms with van der Waals surface area (Å²) in [6.07, 6.45) is 0. The van der Waals surface area contributed by atoms with Crippen LogP contribution in [0.25, 0.3) is 0 Å². The van der Waals surface area contributed by atoms with Gasteiger partial charge >= 0.3 is 0 Å². The first-order chi connectivity index (χ1) is 4.84. The van der Waals surface area contributed by atoms with Crippen molar-refractivity contribution in [1.29, 1.82) is 0 Å². The minimum absolute atomic E-state index is 0.0942. The summed E-state index contributed by atoms with van der Waals surface area (Å²) >= 11 is 0. The van der Waals surface area contributed by atoms with Crippen LogP contribution in [0, 0.1) is 0 Å². The van der Waals surface area contributed by atoms with Gasteiger partial charge in [-0.3, -0.25) is 4.79 Å². The SMILES string of the molecule is [NH]CC(=O)N1CCOCC1. The van der Waals surface area contributed by atoms with Crippen LogP contribution in [0.4, 0.5) is 0 Å². The molecule has 1 saturated heterocycles. The van der Waals surface area contributed by atoms with Gasteiger partial charge in [-0.05, 0) is 0 Å². The highest BCUT2D eigenvalue weighted by Crippen LogP contribution is 1.95. The van der Waals surface area contributed by atoms with E-state index in [1.54, 1.807) is 4.90 Å². The van der Waals surface area contributed by atoms with E-state index in [1.165, 1.54) is 0 Å². The molecule has 0 atom stereocenters. The molecule has 0 bridgehead atoms. The fourth-order valence-corrected chi connectivity index (χ4v) is 0.925. The second-order valence-electron chi connectivity index (χ2n) is 2.17. The molecule has 0 aromatic carbocycles. The smallest absolute Gasteiger partial charge is 0.238 e. The Hall–Kier alpha value is -0.610. The van der Waals surface area contributed by atoms with E-state index >= 15 is 0 Å². The zero-order valence-corrected chi connectivity index (χ0v) is 5.80. The fourth-order valence-electron chi connectivity index (χ4n) is 0.925. The molecule has 4 heteroatoms. The minimum atomic E-state index is -0.139. The van der Waals surface area contributed by atoms with Crippen molar-refractivity contribution in [2.24, 2.45) is 0 Å². The molecule has 0 unspecified atom stereocenters. The highest BCUT2D eigenvalue weighted by atomic mass is 16.5. The number of carbonyl (C=O) groups is 1. The van der Waals surface area contributed by atoms with Crippen molar-refractivity contribution in [3.05, 3.63) is 0 Å². The Balaban J connectivity index is 2.31. The van der Waals surface area contributed by atoms with E-state index in [2.05, 4.69) is 0 Å². The van der Waals surface area contributed by atoms with Gasteiger partial charge < -0.3 is 9.64 Å². The molecule has 4 nitrogen and oxygen atoms in total. The van der Waals surface area contributed by atoms with Gasteiger partial charge in [-0.1, -0.05) is 0 Å². The van der Waals surface area contributed by atoms with Gasteiger partial charge in [0.2, 0.25) is 5.91 Å². The van der Waals surface area contributed by atoms with E-state index < -0.39 is 0 Å². The Morgan fingerprint density at radius 1 is 1.50 bits per heavy atom. The predicted octanol–water partition coefficient (Wildman–Crippen LogP) is -0.872. The van der Waals surface area contributed by atoms with Crippen molar-refractivity contribution in [1.82, 2.24) is 10.6 Å². The van der Waals surface area contributed by atoms with Gasteiger partial charge in [0.05, 0.1) is 19.8 Å². The Morgan fingerprint density at radius 2 is 2.10 bits per heavy atom. The van der Waals surface area contributed by atoms with Crippen LogP contribution < -0.4 is 5.73 Å². The number of hydrogen-bond donors (Lipinski definition) is 0. The topological polar surface area (TPSA) is 53.3 Å². The molecular weight excluding hydrogens is 132 g/mol. The largest absolute Gasteiger partial charge is 0.378 e. The van der Waals surface area contributed by atoms with Crippen LogP contribution >= 0.6 is 0 Å². The summed E-state index contributed by atoms with van der Waals surface area (Å²) in [6.45, 7) is 2.40. The van der Waals surface area contributed by atoms with Gasteiger partial charge in [0, 0.05) is 13.1 Å². The lowest BCUT2D eigenvalue weighted by Gasteiger charge is -2.25. The van der Waals surface area contributed by atoms with Crippen LogP contribution in [0.1, 0.15) is 0 Å². The molecule has 1 rings (SSSR count). The summed E-state index contributed by atoms with van der Waals surface area (Å²) in [5, 5.41) is 0. The average molecular weight is 143 g/mol. The van der Waals surface area contributed by atoms with Crippen LogP contribution in [0.3, 0.4) is 0 Å². The molecule has 0 aliphatic carbocycles. The Bertz CT molecular complexity index is 121. The lowest BCUT2D eigenvalue weighted by molar-refractivity contribution is -0.133. The molecule has 10 heavy (non-hydrogen) atoms. The van der Waals surface area contributed by atoms with E-state index in [0.717, 1.165) is 0 Å². The van der Waals surface area contributed by atoms with Crippen molar-refractivity contribution in [3.8, 4) is 0 Å². The number of morpholine rings is 1. The molecule has 0 saturated carbocycles. The van der Waals surface area contributed by atoms with Crippen LogP contribution in [0.5, 0.6) is 0 Å². The molecule has 0 spiro atoms. The molecule has 1 aliphatic rings. The number of hydrogen-bond acceptors (Lipinski definition) is 2. The van der Waals surface area contributed by atoms with Crippen LogP contribution in [0.15, 0.2) is 0 Å². The first-order valence-electron chi connectivity index (χ1n) is 3.34. The monoisotopic (exact) mass is 143 g/mol. The van der Waals surface area contributed by atoms with Crippen molar-refractivity contribution in [2.45, 2.75) is 0 Å². The number of nitrogens with one attached hydrogen (secondary N) is 1. The van der Waals surface area contributed by atoms with Crippen molar-refractivity contribution < 1.29 is 9.53 Å². The predicted molar refractivity (Wildman–Crippen MR) is 35.4 cm³/mol. The second kappa shape index (κ2) is 3.53. The summed E-state index contributed by atoms with van der Waals surface area (Å²) in [5.41, 5.74) is 6.81. The Kier molecular flexibility index (Phi) is 2.65. The number of amides is 1. The molecule has 0 aromatic heterocycles. The third-order valence-electron chi connectivity index (χ3n) is 1.52. The third-order valence-corrected chi connectivity index (χ3v) is 1.52. The van der Waals surface area contributed by atoms with Crippen molar-refractivity contribution in [3.63, 3.8) is 0 Å². The van der Waals surface area contributed by atoms with E-state index in [0.29, 0.717) is 26.3 Å². The molecule has 1 heterocycles. The highest BCUT2D eigenvalue weighted by Gasteiger charge is 2.14. The lowest BCUT2D eigenvalue weighted by atomic mass is 10.4. The molecule has 57 valence electrons. The fraction of sp³-hybridized carbons (Fsp3) is 0.833. The normalized spacial score (nSPS) is 19.1. The standard InChI is InChI=1S/C6H11N2O2/c7-5-6(9)8-1-3-10-4-2-8/h7H,1-5H2. The summed E-state index contributed by atoms with van der Waals surface area (Å²) in [5.74, 6) is -0.0942. The number of carbonyl (C=O) groups excluding carboxylic acids is 1. The van der Waals surface area contributed by atoms with Gasteiger partial charge in [-0.25, -0.2) is 5.73 Å². The van der Waals surface area contributed by atoms with E-state index in [4.69, 9.17) is 10.5 Å². The summed E-state index contributed by atoms with van der Waals surface area (Å²) < 4.78 is 5.04. The van der Waals surface area contributed by atoms with Crippen LogP contribution in [-0.4, -0.2) is 43.7 Å². The molecular formula is C6H11N2O2. The average Bonchev–Trinajstić information content (AvgIpc) is 2.05. The molecule has 1 amide bonds. The Labute approximate surface area is 59.9 Å². The quantitative estimate of drug-likeness (QED) is 0.479. The molecule has 0 aromatic rings. The van der Waals surface area contributed by atoms with Crippen LogP contribution in [0.2, 0.25) is 0 Å². The zero-order chi connectivity index (χ0) is 7.40. The maximum atomic E-state index is 10.8. The Morgan fingerprint density at radius 3 is 2.60 bits per heavy atom. The molecule has 1 aliphatic heterocycles. The van der Waals surface area contributed by atoms with Crippen LogP contribution in [-0.2, 0) is 9.53 Å². The van der Waals surface area contributed by atoms with Crippen molar-refractivity contribution >= 4 is 5.91 Å². The zero-order valence-electron chi connectivity index (χ0n) is 5.80. The van der Waals surface area contributed by atoms with Gasteiger partial charge in [-0.15, -0.1) is 0 Å². The third kappa shape index (κ3) is 1.68. The number of rotatable bonds is 1. The van der Waals surface area contributed by atoms with E-state index in [1.807, 2.05) is 0 Å². The summed E-state index contributed by atoms with van der Waals surface area (Å²) in [7, 11) is 0. The molecule has 1 radical (unpaired) electrons. The molecule has 1 N–H and O–H groups in total. The summed E-state index contributed by atoms with van der Waals surface area (Å²) in [4.78, 5) is 12.5. The van der Waals surface area contributed by atoms with Gasteiger partial charge in [0.15, 0.2) is 0 Å². The van der Waals surface area contributed by atoms with Gasteiger partial charge in [0.1, 0.15) is 0 Å². The van der Waals surface area contributed by atoms with Gasteiger partial charge in [-0.2, -0.15) is 0 Å². The highest BCUT2D eigenvalue weighted by molar-refractivity contribution is 5.77. The maximum absolute atomic E-state index is 10.8. The molecule has 1 fully saturated rings. The minimum Gasteiger partial charge on any atom is -0.378 e. The second-order valence-corrected chi connectivity index (χ2v) is 2.17. The van der Waals surface area contributed by atoms with Gasteiger partial charge in [0.25, 0.3) is 0 Å². The first kappa shape index (κ1) is 7.50. The number of nitrogens with zero attached hydrogens (tertiary/aromatic N) is 1. The lowest BCUT2D eigenvalue weighted by Crippen LogP contribution is -2.42. The van der Waals surface area contributed by atoms with Crippen molar-refractivity contribution in [2.75, 3.05) is 32.8 Å². The van der Waals surface area contributed by atoms with E-state index in [-0.39, 0.29) is 12.5 Å². The number of ether oxygens (including phenoxy) is 1. The van der Waals surface area contributed by atoms with E-state index in [9.17, 15) is 4.79 Å².